The van der Waals surface area contributed by atoms with Gasteiger partial charge in [-0.3, -0.25) is 9.59 Å². The molecule has 0 radical (unpaired) electrons. The van der Waals surface area contributed by atoms with Crippen LogP contribution in [0.2, 0.25) is 0 Å². The molecule has 16 nitrogen and oxygen atoms in total. The van der Waals surface area contributed by atoms with Crippen LogP contribution in [0.4, 0.5) is 8.78 Å². The largest absolute Gasteiger partial charge is 0.491 e. The van der Waals surface area contributed by atoms with E-state index < -0.39 is 34.7 Å². The lowest BCUT2D eigenvalue weighted by atomic mass is 9.99. The van der Waals surface area contributed by atoms with Crippen molar-refractivity contribution < 1.29 is 42.6 Å². The van der Waals surface area contributed by atoms with Crippen molar-refractivity contribution in [1.29, 1.82) is 0 Å². The molecule has 6 heterocycles. The van der Waals surface area contributed by atoms with Crippen LogP contribution in [0.25, 0.3) is 28.6 Å². The predicted octanol–water partition coefficient (Wildman–Crippen LogP) is 1.65. The number of imidazole rings is 2. The maximum Gasteiger partial charge on any atom is 0.274 e. The summed E-state index contributed by atoms with van der Waals surface area (Å²) in [5.74, 6) is 8.71. The van der Waals surface area contributed by atoms with Gasteiger partial charge in [-0.2, -0.15) is 0 Å². The Morgan fingerprint density at radius 2 is 1.40 bits per heavy atom. The quantitative estimate of drug-likeness (QED) is 0.145. The number of primary amides is 2. The van der Waals surface area contributed by atoms with Crippen molar-refractivity contribution in [3.05, 3.63) is 113 Å². The molecule has 0 fully saturated rings. The molecule has 2 amide bonds. The maximum absolute atomic E-state index is 15.4. The first kappa shape index (κ1) is 37.4. The van der Waals surface area contributed by atoms with E-state index in [4.69, 9.17) is 20.9 Å². The molecule has 2 aliphatic heterocycles. The van der Waals surface area contributed by atoms with Crippen LogP contribution in [0.3, 0.4) is 0 Å². The summed E-state index contributed by atoms with van der Waals surface area (Å²) in [4.78, 5) is 45.7. The highest BCUT2D eigenvalue weighted by atomic mass is 19.1. The molecule has 8 rings (SSSR count). The Kier molecular flexibility index (Phi) is 9.15. The summed E-state index contributed by atoms with van der Waals surface area (Å²) in [7, 11) is 0. The van der Waals surface area contributed by atoms with Crippen LogP contribution in [0.15, 0.2) is 67.9 Å². The number of hydrogen-bond donors (Lipinski definition) is 4. The van der Waals surface area contributed by atoms with E-state index in [0.29, 0.717) is 23.5 Å². The third-order valence-corrected chi connectivity index (χ3v) is 9.48. The average Bonchev–Trinajstić information content (AvgIpc) is 3.70. The fraction of sp³-hybridized carbons (Fsp3) is 0.200. The number of hydrogen-bond acceptors (Lipinski definition) is 11. The number of amides is 2. The normalized spacial score (nSPS) is 14.7. The lowest BCUT2D eigenvalue weighted by Crippen LogP contribution is -2.39. The van der Waals surface area contributed by atoms with Crippen LogP contribution in [-0.4, -0.2) is 69.3 Å². The summed E-state index contributed by atoms with van der Waals surface area (Å²) in [5.41, 5.74) is 8.40. The van der Waals surface area contributed by atoms with Crippen LogP contribution < -0.4 is 25.5 Å². The molecule has 58 heavy (non-hydrogen) atoms. The SMILES string of the molecule is CC(O)(C#Cc1cc2c(cc1F)OCCn1c-2nc(C(N)=O)c1-[n+]1cncc(C(C)(O)C#Cc2cc3c(cc2F)OCCn2cc(C(N)=O)nc2-3)c1)c1cncnc1. The zero-order valence-corrected chi connectivity index (χ0v) is 30.7. The second-order valence-corrected chi connectivity index (χ2v) is 13.6. The van der Waals surface area contributed by atoms with Crippen LogP contribution in [0.5, 0.6) is 11.5 Å². The molecule has 6 N–H and O–H groups in total. The number of halogens is 2. The first-order valence-electron chi connectivity index (χ1n) is 17.5. The van der Waals surface area contributed by atoms with Gasteiger partial charge in [0.15, 0.2) is 11.2 Å². The Balaban J connectivity index is 1.16. The van der Waals surface area contributed by atoms with Gasteiger partial charge in [-0.05, 0) is 26.0 Å². The molecule has 0 saturated heterocycles. The Morgan fingerprint density at radius 3 is 2.02 bits per heavy atom. The molecule has 4 aromatic heterocycles. The summed E-state index contributed by atoms with van der Waals surface area (Å²) < 4.78 is 47.1. The van der Waals surface area contributed by atoms with Crippen molar-refractivity contribution in [2.24, 2.45) is 11.5 Å². The Morgan fingerprint density at radius 1 is 0.810 bits per heavy atom. The van der Waals surface area contributed by atoms with Crippen LogP contribution >= 0.6 is 0 Å². The summed E-state index contributed by atoms with van der Waals surface area (Å²) in [5, 5.41) is 22.6. The lowest BCUT2D eigenvalue weighted by Gasteiger charge is -2.16. The summed E-state index contributed by atoms with van der Waals surface area (Å²) in [6.07, 6.45) is 9.76. The first-order valence-corrected chi connectivity index (χ1v) is 17.5. The molecule has 2 atom stereocenters. The minimum Gasteiger partial charge on any atom is -0.491 e. The monoisotopic (exact) mass is 785 g/mol. The number of nitrogens with zero attached hydrogens (tertiary/aromatic N) is 8. The van der Waals surface area contributed by atoms with E-state index in [1.807, 2.05) is 0 Å². The van der Waals surface area contributed by atoms with Gasteiger partial charge in [0.1, 0.15) is 66.9 Å². The van der Waals surface area contributed by atoms with E-state index >= 15 is 8.78 Å². The smallest absolute Gasteiger partial charge is 0.274 e. The molecule has 0 aliphatic carbocycles. The van der Waals surface area contributed by atoms with Gasteiger partial charge in [-0.15, -0.1) is 4.98 Å². The number of rotatable bonds is 5. The number of ether oxygens (including phenoxy) is 2. The fourth-order valence-electron chi connectivity index (χ4n) is 6.44. The van der Waals surface area contributed by atoms with Gasteiger partial charge in [-0.25, -0.2) is 37.9 Å². The number of nitrogens with two attached hydrogens (primary N) is 2. The molecular weight excluding hydrogens is 754 g/mol. The van der Waals surface area contributed by atoms with Crippen LogP contribution in [-0.2, 0) is 24.3 Å². The topological polar surface area (TPSA) is 223 Å². The van der Waals surface area contributed by atoms with E-state index in [1.54, 1.807) is 9.13 Å². The zero-order valence-electron chi connectivity index (χ0n) is 30.7. The predicted molar refractivity (Wildman–Crippen MR) is 198 cm³/mol. The molecule has 0 saturated carbocycles. The minimum atomic E-state index is -1.94. The van der Waals surface area contributed by atoms with E-state index in [-0.39, 0.29) is 76.5 Å². The third kappa shape index (κ3) is 6.83. The van der Waals surface area contributed by atoms with Gasteiger partial charge in [0, 0.05) is 36.3 Å². The van der Waals surface area contributed by atoms with Gasteiger partial charge in [0.2, 0.25) is 17.8 Å². The second kappa shape index (κ2) is 14.2. The molecule has 2 aliphatic rings. The van der Waals surface area contributed by atoms with Crippen LogP contribution in [0, 0.1) is 35.3 Å². The molecule has 18 heteroatoms. The van der Waals surface area contributed by atoms with E-state index in [9.17, 15) is 19.8 Å². The first-order chi connectivity index (χ1) is 27.7. The van der Waals surface area contributed by atoms with E-state index in [1.165, 1.54) is 74.2 Å². The highest BCUT2D eigenvalue weighted by molar-refractivity contribution is 5.94. The van der Waals surface area contributed by atoms with Crippen molar-refractivity contribution in [2.75, 3.05) is 13.2 Å². The highest BCUT2D eigenvalue weighted by Gasteiger charge is 2.34. The zero-order chi connectivity index (χ0) is 40.9. The Bertz CT molecular complexity index is 2810. The Labute approximate surface area is 327 Å². The molecule has 0 bridgehead atoms. The van der Waals surface area contributed by atoms with Gasteiger partial charge < -0.3 is 35.7 Å². The highest BCUT2D eigenvalue weighted by Crippen LogP contribution is 2.37. The number of fused-ring (bicyclic) bond motifs is 6. The van der Waals surface area contributed by atoms with Crippen molar-refractivity contribution in [3.8, 4) is 63.8 Å². The number of carbonyl (C=O) groups excluding carboxylic acids is 2. The summed E-state index contributed by atoms with van der Waals surface area (Å²) in [6.45, 7) is 3.49. The van der Waals surface area contributed by atoms with Gasteiger partial charge >= 0.3 is 0 Å². The molecule has 290 valence electrons. The van der Waals surface area contributed by atoms with Gasteiger partial charge in [-0.1, -0.05) is 23.7 Å². The molecular formula is C40H31F2N10O6+. The maximum atomic E-state index is 15.4. The molecule has 0 spiro atoms. The fourth-order valence-corrected chi connectivity index (χ4v) is 6.44. The standard InChI is InChI=1S/C40H30F2N10O6/c1-39(55,24-15-45-20-46-16-24)5-3-23-12-27-32(14-29(23)42)58-10-8-52-37(27)49-33(35(44)54)38(52)51-18-25(17-47-21-51)40(2,56)6-4-22-11-26-31(13-28(22)41)57-9-7-50-19-30(34(43)53)48-36(26)50/h11-21,55-56H,7-10H2,1-2H3,(H3-,43,44,53,54)/p+1. The molecule has 2 unspecified atom stereocenters. The van der Waals surface area contributed by atoms with Gasteiger partial charge in [0.05, 0.1) is 40.6 Å². The minimum absolute atomic E-state index is 0.0348. The van der Waals surface area contributed by atoms with Crippen molar-refractivity contribution in [2.45, 2.75) is 38.1 Å². The van der Waals surface area contributed by atoms with E-state index in [2.05, 4.69) is 48.6 Å². The van der Waals surface area contributed by atoms with E-state index in [0.717, 1.165) is 12.1 Å². The number of carbonyl (C=O) groups is 2. The second-order valence-electron chi connectivity index (χ2n) is 13.6. The van der Waals surface area contributed by atoms with Crippen molar-refractivity contribution in [3.63, 3.8) is 0 Å². The third-order valence-electron chi connectivity index (χ3n) is 9.48. The molecule has 6 aromatic rings. The van der Waals surface area contributed by atoms with Crippen LogP contribution in [0.1, 0.15) is 57.1 Å². The molecule has 2 aromatic carbocycles. The summed E-state index contributed by atoms with van der Waals surface area (Å²) >= 11 is 0. The number of benzene rings is 2. The Hall–Kier alpha value is -7.54. The van der Waals surface area contributed by atoms with Crippen molar-refractivity contribution in [1.82, 2.24) is 34.1 Å². The summed E-state index contributed by atoms with van der Waals surface area (Å²) in [6, 6.07) is 5.11. The number of aromatic nitrogens is 8. The lowest BCUT2D eigenvalue weighted by molar-refractivity contribution is -0.605. The van der Waals surface area contributed by atoms with Crippen molar-refractivity contribution >= 4 is 11.8 Å². The average molecular weight is 786 g/mol. The van der Waals surface area contributed by atoms with Gasteiger partial charge in [0.25, 0.3) is 17.6 Å². The number of aliphatic hydroxyl groups is 2.